The highest BCUT2D eigenvalue weighted by Gasteiger charge is 2.32. The molecular weight excluding hydrogens is 378 g/mol. The second-order valence-electron chi connectivity index (χ2n) is 7.51. The van der Waals surface area contributed by atoms with E-state index in [2.05, 4.69) is 15.6 Å². The summed E-state index contributed by atoms with van der Waals surface area (Å²) in [5, 5.41) is 11.7. The van der Waals surface area contributed by atoms with Crippen molar-refractivity contribution in [3.05, 3.63) is 29.8 Å². The van der Waals surface area contributed by atoms with Gasteiger partial charge in [0.25, 0.3) is 0 Å². The lowest BCUT2D eigenvalue weighted by molar-refractivity contribution is -0.134. The SMILES string of the molecule is CN=C(NCc1ccc(S(N)(=O)=O)cc1)NC1CCN(C(=O)C2CCCC2)C1. The Morgan fingerprint density at radius 2 is 1.89 bits per heavy atom. The van der Waals surface area contributed by atoms with Crippen LogP contribution in [0.5, 0.6) is 0 Å². The molecular formula is C19H29N5O3S. The van der Waals surface area contributed by atoms with Gasteiger partial charge in [-0.15, -0.1) is 0 Å². The number of guanidine groups is 1. The molecule has 0 bridgehead atoms. The van der Waals surface area contributed by atoms with E-state index >= 15 is 0 Å². The van der Waals surface area contributed by atoms with E-state index in [1.807, 2.05) is 4.90 Å². The number of carbonyl (C=O) groups is 1. The number of nitrogens with one attached hydrogen (secondary N) is 2. The summed E-state index contributed by atoms with van der Waals surface area (Å²) in [6.45, 7) is 2.00. The number of nitrogens with two attached hydrogens (primary N) is 1. The Kier molecular flexibility index (Phi) is 6.56. The second-order valence-corrected chi connectivity index (χ2v) is 9.07. The highest BCUT2D eigenvalue weighted by atomic mass is 32.2. The Bertz CT molecular complexity index is 816. The Hall–Kier alpha value is -2.13. The Morgan fingerprint density at radius 1 is 1.21 bits per heavy atom. The molecule has 1 amide bonds. The summed E-state index contributed by atoms with van der Waals surface area (Å²) in [6, 6.07) is 6.61. The number of sulfonamides is 1. The number of hydrogen-bond acceptors (Lipinski definition) is 4. The van der Waals surface area contributed by atoms with Crippen molar-refractivity contribution in [2.24, 2.45) is 16.0 Å². The average Bonchev–Trinajstić information content (AvgIpc) is 3.36. The van der Waals surface area contributed by atoms with Crippen LogP contribution in [0.2, 0.25) is 0 Å². The number of nitrogens with zero attached hydrogens (tertiary/aromatic N) is 2. The molecule has 1 aliphatic carbocycles. The first-order valence-electron chi connectivity index (χ1n) is 9.74. The molecule has 1 unspecified atom stereocenters. The number of primary sulfonamides is 1. The zero-order valence-electron chi connectivity index (χ0n) is 16.2. The van der Waals surface area contributed by atoms with Crippen LogP contribution >= 0.6 is 0 Å². The molecule has 1 atom stereocenters. The van der Waals surface area contributed by atoms with Gasteiger partial charge in [-0.1, -0.05) is 25.0 Å². The van der Waals surface area contributed by atoms with Crippen LogP contribution in [0.15, 0.2) is 34.2 Å². The van der Waals surface area contributed by atoms with Crippen molar-refractivity contribution in [3.8, 4) is 0 Å². The van der Waals surface area contributed by atoms with Crippen molar-refractivity contribution in [3.63, 3.8) is 0 Å². The standard InChI is InChI=1S/C19H29N5O3S/c1-21-19(22-12-14-6-8-17(9-7-14)28(20,26)27)23-16-10-11-24(13-16)18(25)15-4-2-3-5-15/h6-9,15-16H,2-5,10-13H2,1H3,(H2,20,26,27)(H2,21,22,23). The van der Waals surface area contributed by atoms with Crippen molar-refractivity contribution in [2.45, 2.75) is 49.6 Å². The van der Waals surface area contributed by atoms with Crippen LogP contribution in [0.1, 0.15) is 37.7 Å². The maximum atomic E-state index is 12.6. The van der Waals surface area contributed by atoms with E-state index in [1.54, 1.807) is 19.2 Å². The van der Waals surface area contributed by atoms with Crippen molar-refractivity contribution >= 4 is 21.9 Å². The molecule has 3 rings (SSSR count). The van der Waals surface area contributed by atoms with Crippen molar-refractivity contribution < 1.29 is 13.2 Å². The molecule has 1 aromatic rings. The highest BCUT2D eigenvalue weighted by Crippen LogP contribution is 2.27. The van der Waals surface area contributed by atoms with E-state index in [1.165, 1.54) is 25.0 Å². The van der Waals surface area contributed by atoms with Crippen molar-refractivity contribution in [2.75, 3.05) is 20.1 Å². The summed E-state index contributed by atoms with van der Waals surface area (Å²) in [5.41, 5.74) is 0.916. The first-order valence-corrected chi connectivity index (χ1v) is 11.3. The highest BCUT2D eigenvalue weighted by molar-refractivity contribution is 7.89. The molecule has 4 N–H and O–H groups in total. The molecule has 1 aromatic carbocycles. The topological polar surface area (TPSA) is 117 Å². The maximum Gasteiger partial charge on any atom is 0.238 e. The molecule has 0 aromatic heterocycles. The van der Waals surface area contributed by atoms with Gasteiger partial charge in [0, 0.05) is 38.6 Å². The van der Waals surface area contributed by atoms with Crippen LogP contribution in [-0.4, -0.2) is 51.4 Å². The summed E-state index contributed by atoms with van der Waals surface area (Å²) in [6.07, 6.45) is 5.30. The van der Waals surface area contributed by atoms with Crippen LogP contribution in [0.3, 0.4) is 0 Å². The lowest BCUT2D eigenvalue weighted by Gasteiger charge is -2.21. The summed E-state index contributed by atoms with van der Waals surface area (Å²) in [5.74, 6) is 1.19. The van der Waals surface area contributed by atoms with E-state index < -0.39 is 10.0 Å². The van der Waals surface area contributed by atoms with Crippen LogP contribution in [0.4, 0.5) is 0 Å². The molecule has 2 fully saturated rings. The number of likely N-dealkylation sites (tertiary alicyclic amines) is 1. The third-order valence-electron chi connectivity index (χ3n) is 5.48. The molecule has 1 saturated heterocycles. The van der Waals surface area contributed by atoms with Crippen LogP contribution in [0.25, 0.3) is 0 Å². The molecule has 1 heterocycles. The minimum atomic E-state index is -3.68. The Balaban J connectivity index is 1.48. The molecule has 154 valence electrons. The van der Waals surface area contributed by atoms with Crippen LogP contribution in [-0.2, 0) is 21.4 Å². The Morgan fingerprint density at radius 3 is 2.50 bits per heavy atom. The van der Waals surface area contributed by atoms with Crippen molar-refractivity contribution in [1.82, 2.24) is 15.5 Å². The van der Waals surface area contributed by atoms with Crippen molar-refractivity contribution in [1.29, 1.82) is 0 Å². The summed E-state index contributed by atoms with van der Waals surface area (Å²) in [4.78, 5) is 18.9. The van der Waals surface area contributed by atoms with Gasteiger partial charge in [-0.2, -0.15) is 0 Å². The van der Waals surface area contributed by atoms with E-state index in [4.69, 9.17) is 5.14 Å². The first-order chi connectivity index (χ1) is 13.4. The van der Waals surface area contributed by atoms with Gasteiger partial charge >= 0.3 is 0 Å². The van der Waals surface area contributed by atoms with Gasteiger partial charge in [-0.3, -0.25) is 9.79 Å². The molecule has 9 heteroatoms. The third kappa shape index (κ3) is 5.23. The lowest BCUT2D eigenvalue weighted by atomic mass is 10.1. The fourth-order valence-corrected chi connectivity index (χ4v) is 4.40. The van der Waals surface area contributed by atoms with Gasteiger partial charge < -0.3 is 15.5 Å². The molecule has 2 aliphatic rings. The van der Waals surface area contributed by atoms with E-state index in [-0.39, 0.29) is 16.9 Å². The smallest absolute Gasteiger partial charge is 0.238 e. The number of rotatable bonds is 5. The van der Waals surface area contributed by atoms with E-state index in [0.717, 1.165) is 31.4 Å². The zero-order chi connectivity index (χ0) is 20.1. The van der Waals surface area contributed by atoms with E-state index in [9.17, 15) is 13.2 Å². The van der Waals surface area contributed by atoms with Gasteiger partial charge in [-0.25, -0.2) is 13.6 Å². The maximum absolute atomic E-state index is 12.6. The minimum absolute atomic E-state index is 0.0942. The fourth-order valence-electron chi connectivity index (χ4n) is 3.88. The monoisotopic (exact) mass is 407 g/mol. The van der Waals surface area contributed by atoms with Gasteiger partial charge in [0.15, 0.2) is 5.96 Å². The minimum Gasteiger partial charge on any atom is -0.352 e. The quantitative estimate of drug-likeness (QED) is 0.493. The summed E-state index contributed by atoms with van der Waals surface area (Å²) in [7, 11) is -1.97. The largest absolute Gasteiger partial charge is 0.352 e. The summed E-state index contributed by atoms with van der Waals surface area (Å²) >= 11 is 0. The molecule has 1 saturated carbocycles. The lowest BCUT2D eigenvalue weighted by Crippen LogP contribution is -2.45. The molecule has 0 spiro atoms. The van der Waals surface area contributed by atoms with Gasteiger partial charge in [-0.05, 0) is 37.0 Å². The molecule has 28 heavy (non-hydrogen) atoms. The van der Waals surface area contributed by atoms with Crippen LogP contribution < -0.4 is 15.8 Å². The number of carbonyl (C=O) groups excluding carboxylic acids is 1. The Labute approximate surface area is 166 Å². The predicted octanol–water partition coefficient (Wildman–Crippen LogP) is 0.790. The first kappa shape index (κ1) is 20.6. The molecule has 8 nitrogen and oxygen atoms in total. The summed E-state index contributed by atoms with van der Waals surface area (Å²) < 4.78 is 22.6. The van der Waals surface area contributed by atoms with E-state index in [0.29, 0.717) is 25.0 Å². The van der Waals surface area contributed by atoms with Gasteiger partial charge in [0.2, 0.25) is 15.9 Å². The zero-order valence-corrected chi connectivity index (χ0v) is 17.0. The molecule has 0 radical (unpaired) electrons. The predicted molar refractivity (Wildman–Crippen MR) is 108 cm³/mol. The average molecular weight is 408 g/mol. The number of aliphatic imine (C=N–C) groups is 1. The number of amides is 1. The second kappa shape index (κ2) is 8.91. The van der Waals surface area contributed by atoms with Crippen LogP contribution in [0, 0.1) is 5.92 Å². The number of benzene rings is 1. The normalized spacial score (nSPS) is 21.1. The van der Waals surface area contributed by atoms with Gasteiger partial charge in [0.05, 0.1) is 4.90 Å². The third-order valence-corrected chi connectivity index (χ3v) is 6.41. The fraction of sp³-hybridized carbons (Fsp3) is 0.579. The molecule has 1 aliphatic heterocycles. The number of hydrogen-bond donors (Lipinski definition) is 3. The van der Waals surface area contributed by atoms with Gasteiger partial charge in [0.1, 0.15) is 0 Å².